The molecule has 0 fully saturated rings. The van der Waals surface area contributed by atoms with Crippen LogP contribution >= 0.6 is 34.8 Å². The van der Waals surface area contributed by atoms with E-state index < -0.39 is 0 Å². The van der Waals surface area contributed by atoms with E-state index in [-0.39, 0.29) is 6.04 Å². The van der Waals surface area contributed by atoms with Crippen molar-refractivity contribution in [1.82, 2.24) is 14.8 Å². The summed E-state index contributed by atoms with van der Waals surface area (Å²) in [5, 5.41) is 9.40. The number of rotatable bonds is 3. The normalized spacial score (nSPS) is 11.2. The highest BCUT2D eigenvalue weighted by molar-refractivity contribution is 6.35. The van der Waals surface area contributed by atoms with Gasteiger partial charge in [-0.2, -0.15) is 0 Å². The van der Waals surface area contributed by atoms with E-state index in [1.807, 2.05) is 16.7 Å². The molecule has 1 aromatic carbocycles. The predicted octanol–water partition coefficient (Wildman–Crippen LogP) is 4.57. The number of halogens is 3. The van der Waals surface area contributed by atoms with Crippen molar-refractivity contribution in [3.05, 3.63) is 34.1 Å². The molecule has 0 aliphatic rings. The summed E-state index contributed by atoms with van der Waals surface area (Å²) in [5.41, 5.74) is 0.838. The van der Waals surface area contributed by atoms with E-state index in [1.54, 1.807) is 6.07 Å². The van der Waals surface area contributed by atoms with E-state index in [1.165, 1.54) is 0 Å². The van der Waals surface area contributed by atoms with Crippen molar-refractivity contribution in [2.24, 2.45) is 0 Å². The van der Waals surface area contributed by atoms with Crippen LogP contribution in [0.25, 0.3) is 11.4 Å². The fourth-order valence-electron chi connectivity index (χ4n) is 1.84. The van der Waals surface area contributed by atoms with Crippen LogP contribution < -0.4 is 0 Å². The van der Waals surface area contributed by atoms with Gasteiger partial charge in [0.25, 0.3) is 0 Å². The second kappa shape index (κ2) is 5.47. The monoisotopic (exact) mass is 303 g/mol. The van der Waals surface area contributed by atoms with E-state index >= 15 is 0 Å². The van der Waals surface area contributed by atoms with Crippen LogP contribution in [0, 0.1) is 0 Å². The van der Waals surface area contributed by atoms with Gasteiger partial charge in [-0.3, -0.25) is 0 Å². The van der Waals surface area contributed by atoms with Crippen molar-refractivity contribution in [2.45, 2.75) is 25.8 Å². The van der Waals surface area contributed by atoms with Crippen LogP contribution in [-0.2, 0) is 5.88 Å². The first-order valence-corrected chi connectivity index (χ1v) is 6.78. The van der Waals surface area contributed by atoms with Gasteiger partial charge in [0.05, 0.1) is 5.88 Å². The van der Waals surface area contributed by atoms with Gasteiger partial charge in [0.2, 0.25) is 0 Å². The molecule has 0 saturated carbocycles. The van der Waals surface area contributed by atoms with Crippen LogP contribution in [0.4, 0.5) is 0 Å². The molecule has 0 aliphatic heterocycles. The van der Waals surface area contributed by atoms with Crippen LogP contribution in [0.15, 0.2) is 18.2 Å². The molecule has 1 heterocycles. The van der Waals surface area contributed by atoms with Gasteiger partial charge in [0, 0.05) is 21.7 Å². The lowest BCUT2D eigenvalue weighted by molar-refractivity contribution is 0.585. The molecular weight excluding hydrogens is 293 g/mol. The van der Waals surface area contributed by atoms with E-state index in [2.05, 4.69) is 24.0 Å². The molecule has 0 amide bonds. The minimum absolute atomic E-state index is 0.210. The summed E-state index contributed by atoms with van der Waals surface area (Å²) in [4.78, 5) is 0. The molecule has 1 aromatic heterocycles. The van der Waals surface area contributed by atoms with Crippen molar-refractivity contribution in [1.29, 1.82) is 0 Å². The molecule has 0 saturated heterocycles. The van der Waals surface area contributed by atoms with Crippen LogP contribution in [0.3, 0.4) is 0 Å². The van der Waals surface area contributed by atoms with Crippen molar-refractivity contribution >= 4 is 34.8 Å². The van der Waals surface area contributed by atoms with Gasteiger partial charge in [0.1, 0.15) is 5.82 Å². The fraction of sp³-hybridized carbons (Fsp3) is 0.333. The number of hydrogen-bond acceptors (Lipinski definition) is 2. The Morgan fingerprint density at radius 1 is 1.11 bits per heavy atom. The van der Waals surface area contributed by atoms with E-state index in [0.29, 0.717) is 15.9 Å². The maximum absolute atomic E-state index is 6.00. The highest BCUT2D eigenvalue weighted by Crippen LogP contribution is 2.28. The zero-order valence-electron chi connectivity index (χ0n) is 9.99. The number of nitrogens with zero attached hydrogens (tertiary/aromatic N) is 3. The van der Waals surface area contributed by atoms with Crippen molar-refractivity contribution < 1.29 is 0 Å². The SMILES string of the molecule is CC(C)n1c(CCl)nnc1-c1cc(Cl)cc(Cl)c1. The average molecular weight is 305 g/mol. The summed E-state index contributed by atoms with van der Waals surface area (Å²) < 4.78 is 1.98. The third-order valence-electron chi connectivity index (χ3n) is 2.52. The van der Waals surface area contributed by atoms with Gasteiger partial charge in [-0.05, 0) is 32.0 Å². The van der Waals surface area contributed by atoms with Gasteiger partial charge >= 0.3 is 0 Å². The Hall–Kier alpha value is -0.770. The van der Waals surface area contributed by atoms with E-state index in [0.717, 1.165) is 17.2 Å². The summed E-state index contributed by atoms with van der Waals surface area (Å²) in [6.07, 6.45) is 0. The standard InChI is InChI=1S/C12H12Cl3N3/c1-7(2)18-11(6-13)16-17-12(18)8-3-9(14)5-10(15)4-8/h3-5,7H,6H2,1-2H3. The van der Waals surface area contributed by atoms with Crippen LogP contribution in [0.1, 0.15) is 25.7 Å². The third kappa shape index (κ3) is 2.63. The van der Waals surface area contributed by atoms with Gasteiger partial charge < -0.3 is 4.57 Å². The summed E-state index contributed by atoms with van der Waals surface area (Å²) in [5.74, 6) is 1.78. The summed E-state index contributed by atoms with van der Waals surface area (Å²) in [7, 11) is 0. The fourth-order valence-corrected chi connectivity index (χ4v) is 2.55. The van der Waals surface area contributed by atoms with E-state index in [4.69, 9.17) is 34.8 Å². The summed E-state index contributed by atoms with van der Waals surface area (Å²) >= 11 is 17.9. The first kappa shape index (κ1) is 13.7. The van der Waals surface area contributed by atoms with Crippen LogP contribution in [0.5, 0.6) is 0 Å². The Bertz CT molecular complexity index is 543. The first-order valence-electron chi connectivity index (χ1n) is 5.49. The zero-order chi connectivity index (χ0) is 13.3. The molecular formula is C12H12Cl3N3. The first-order chi connectivity index (χ1) is 8.52. The molecule has 0 bridgehead atoms. The van der Waals surface area contributed by atoms with Crippen LogP contribution in [0.2, 0.25) is 10.0 Å². The van der Waals surface area contributed by atoms with Gasteiger partial charge in [0.15, 0.2) is 5.82 Å². The van der Waals surface area contributed by atoms with Crippen molar-refractivity contribution in [2.75, 3.05) is 0 Å². The minimum Gasteiger partial charge on any atom is -0.307 e. The van der Waals surface area contributed by atoms with Gasteiger partial charge in [-0.15, -0.1) is 21.8 Å². The second-order valence-corrected chi connectivity index (χ2v) is 5.34. The maximum atomic E-state index is 6.00. The Kier molecular flexibility index (Phi) is 4.15. The molecule has 0 aliphatic carbocycles. The minimum atomic E-state index is 0.210. The molecule has 0 unspecified atom stereocenters. The van der Waals surface area contributed by atoms with Gasteiger partial charge in [-0.1, -0.05) is 23.2 Å². The molecule has 0 spiro atoms. The molecule has 0 radical (unpaired) electrons. The molecule has 18 heavy (non-hydrogen) atoms. The molecule has 0 N–H and O–H groups in total. The lowest BCUT2D eigenvalue weighted by Crippen LogP contribution is -2.07. The molecule has 2 aromatic rings. The Balaban J connectivity index is 2.60. The third-order valence-corrected chi connectivity index (χ3v) is 3.20. The second-order valence-electron chi connectivity index (χ2n) is 4.20. The Labute approximate surface area is 121 Å². The van der Waals surface area contributed by atoms with Crippen LogP contribution in [-0.4, -0.2) is 14.8 Å². The number of alkyl halides is 1. The van der Waals surface area contributed by atoms with E-state index in [9.17, 15) is 0 Å². The smallest absolute Gasteiger partial charge is 0.164 e. The Morgan fingerprint density at radius 2 is 1.72 bits per heavy atom. The highest BCUT2D eigenvalue weighted by atomic mass is 35.5. The maximum Gasteiger partial charge on any atom is 0.164 e. The highest BCUT2D eigenvalue weighted by Gasteiger charge is 2.16. The average Bonchev–Trinajstić information content (AvgIpc) is 2.71. The Morgan fingerprint density at radius 3 is 2.22 bits per heavy atom. The predicted molar refractivity (Wildman–Crippen MR) is 75.4 cm³/mol. The molecule has 0 atom stereocenters. The lowest BCUT2D eigenvalue weighted by Gasteiger charge is -2.13. The summed E-state index contributed by atoms with van der Waals surface area (Å²) in [6, 6.07) is 5.52. The number of aromatic nitrogens is 3. The quantitative estimate of drug-likeness (QED) is 0.778. The largest absolute Gasteiger partial charge is 0.307 e. The lowest BCUT2D eigenvalue weighted by atomic mass is 10.2. The molecule has 6 heteroatoms. The molecule has 2 rings (SSSR count). The van der Waals surface area contributed by atoms with Crippen molar-refractivity contribution in [3.63, 3.8) is 0 Å². The topological polar surface area (TPSA) is 30.7 Å². The number of benzene rings is 1. The van der Waals surface area contributed by atoms with Gasteiger partial charge in [-0.25, -0.2) is 0 Å². The van der Waals surface area contributed by atoms with Crippen molar-refractivity contribution in [3.8, 4) is 11.4 Å². The summed E-state index contributed by atoms with van der Waals surface area (Å²) in [6.45, 7) is 4.10. The molecule has 96 valence electrons. The number of hydrogen-bond donors (Lipinski definition) is 0. The zero-order valence-corrected chi connectivity index (χ0v) is 12.3. The molecule has 3 nitrogen and oxygen atoms in total.